The molecule has 0 saturated carbocycles. The maximum Gasteiger partial charge on any atom is 0.182 e. The Bertz CT molecular complexity index is 638. The SMILES string of the molecule is C#C[C@]1(CO)O[C@@H](n2ccc(=S)[nH]c2=S)C(F)[C@H]1O. The van der Waals surface area contributed by atoms with Crippen molar-refractivity contribution in [3.8, 4) is 12.3 Å². The number of rotatable bonds is 2. The van der Waals surface area contributed by atoms with E-state index in [1.807, 2.05) is 0 Å². The molecule has 0 bridgehead atoms. The van der Waals surface area contributed by atoms with E-state index in [1.54, 1.807) is 0 Å². The van der Waals surface area contributed by atoms with Crippen LogP contribution < -0.4 is 0 Å². The fraction of sp³-hybridized carbons (Fsp3) is 0.455. The van der Waals surface area contributed by atoms with Gasteiger partial charge in [-0.1, -0.05) is 18.1 Å². The first kappa shape index (κ1) is 14.3. The first-order valence-electron chi connectivity index (χ1n) is 5.35. The van der Waals surface area contributed by atoms with E-state index in [0.29, 0.717) is 4.64 Å². The molecule has 19 heavy (non-hydrogen) atoms. The van der Waals surface area contributed by atoms with E-state index in [4.69, 9.17) is 35.6 Å². The molecule has 0 amide bonds. The van der Waals surface area contributed by atoms with E-state index in [0.717, 1.165) is 0 Å². The molecule has 4 atom stereocenters. The van der Waals surface area contributed by atoms with Crippen molar-refractivity contribution in [2.45, 2.75) is 24.1 Å². The molecule has 0 spiro atoms. The first-order valence-corrected chi connectivity index (χ1v) is 6.17. The number of ether oxygens (including phenoxy) is 1. The van der Waals surface area contributed by atoms with Crippen molar-refractivity contribution in [1.82, 2.24) is 9.55 Å². The predicted molar refractivity (Wildman–Crippen MR) is 70.1 cm³/mol. The Labute approximate surface area is 118 Å². The number of hydrogen-bond donors (Lipinski definition) is 3. The van der Waals surface area contributed by atoms with Crippen LogP contribution in [-0.4, -0.2) is 44.2 Å². The summed E-state index contributed by atoms with van der Waals surface area (Å²) in [5.74, 6) is 2.10. The third-order valence-corrected chi connectivity index (χ3v) is 3.54. The van der Waals surface area contributed by atoms with Gasteiger partial charge in [0.15, 0.2) is 22.8 Å². The van der Waals surface area contributed by atoms with Crippen LogP contribution in [0.4, 0.5) is 4.39 Å². The molecule has 1 saturated heterocycles. The lowest BCUT2D eigenvalue weighted by Crippen LogP contribution is -2.44. The van der Waals surface area contributed by atoms with Crippen molar-refractivity contribution >= 4 is 24.4 Å². The number of nitrogens with zero attached hydrogens (tertiary/aromatic N) is 1. The normalized spacial score (nSPS) is 34.1. The number of H-pyrrole nitrogens is 1. The second-order valence-electron chi connectivity index (χ2n) is 4.11. The quantitative estimate of drug-likeness (QED) is 0.558. The molecular formula is C11H11FN2O3S2. The van der Waals surface area contributed by atoms with Gasteiger partial charge in [-0.2, -0.15) is 0 Å². The average Bonchev–Trinajstić information content (AvgIpc) is 2.64. The number of aliphatic hydroxyl groups is 2. The zero-order chi connectivity index (χ0) is 14.2. The van der Waals surface area contributed by atoms with Crippen molar-refractivity contribution in [1.29, 1.82) is 0 Å². The van der Waals surface area contributed by atoms with Gasteiger partial charge in [-0.25, -0.2) is 4.39 Å². The maximum absolute atomic E-state index is 14.1. The Morgan fingerprint density at radius 2 is 2.32 bits per heavy atom. The summed E-state index contributed by atoms with van der Waals surface area (Å²) in [5.41, 5.74) is -1.77. The molecule has 0 aromatic carbocycles. The fourth-order valence-corrected chi connectivity index (χ4v) is 2.39. The van der Waals surface area contributed by atoms with Crippen LogP contribution in [0, 0.1) is 21.8 Å². The summed E-state index contributed by atoms with van der Waals surface area (Å²) in [7, 11) is 0. The highest BCUT2D eigenvalue weighted by molar-refractivity contribution is 7.72. The molecule has 3 N–H and O–H groups in total. The lowest BCUT2D eigenvalue weighted by molar-refractivity contribution is -0.0917. The molecule has 1 aromatic heterocycles. The van der Waals surface area contributed by atoms with Crippen molar-refractivity contribution in [3.63, 3.8) is 0 Å². The topological polar surface area (TPSA) is 70.4 Å². The number of aromatic amines is 1. The van der Waals surface area contributed by atoms with Gasteiger partial charge >= 0.3 is 0 Å². The minimum Gasteiger partial charge on any atom is -0.392 e. The van der Waals surface area contributed by atoms with Crippen LogP contribution in [0.5, 0.6) is 0 Å². The van der Waals surface area contributed by atoms with Gasteiger partial charge in [-0.3, -0.25) is 4.57 Å². The number of halogens is 1. The number of nitrogens with one attached hydrogen (secondary N) is 1. The van der Waals surface area contributed by atoms with Crippen LogP contribution in [0.2, 0.25) is 0 Å². The van der Waals surface area contributed by atoms with Gasteiger partial charge < -0.3 is 19.9 Å². The molecule has 1 unspecified atom stereocenters. The lowest BCUT2D eigenvalue weighted by Gasteiger charge is -2.23. The van der Waals surface area contributed by atoms with Gasteiger partial charge in [0.05, 0.1) is 6.61 Å². The maximum atomic E-state index is 14.1. The van der Waals surface area contributed by atoms with Crippen molar-refractivity contribution in [2.75, 3.05) is 6.61 Å². The zero-order valence-corrected chi connectivity index (χ0v) is 11.2. The molecule has 2 rings (SSSR count). The van der Waals surface area contributed by atoms with Gasteiger partial charge in [-0.15, -0.1) is 6.42 Å². The third kappa shape index (κ3) is 2.24. The van der Waals surface area contributed by atoms with Crippen molar-refractivity contribution in [2.24, 2.45) is 0 Å². The average molecular weight is 302 g/mol. The van der Waals surface area contributed by atoms with Crippen LogP contribution in [0.1, 0.15) is 6.23 Å². The summed E-state index contributed by atoms with van der Waals surface area (Å²) >= 11 is 9.90. The second-order valence-corrected chi connectivity index (χ2v) is 4.93. The highest BCUT2D eigenvalue weighted by Gasteiger charge is 2.55. The van der Waals surface area contributed by atoms with Crippen molar-refractivity contribution < 1.29 is 19.3 Å². The summed E-state index contributed by atoms with van der Waals surface area (Å²) in [6, 6.07) is 1.50. The Kier molecular flexibility index (Phi) is 3.85. The number of aliphatic hydroxyl groups excluding tert-OH is 2. The Morgan fingerprint density at radius 1 is 1.63 bits per heavy atom. The summed E-state index contributed by atoms with van der Waals surface area (Å²) in [4.78, 5) is 2.66. The van der Waals surface area contributed by atoms with Gasteiger partial charge in [0.1, 0.15) is 10.7 Å². The number of aromatic nitrogens is 2. The molecule has 2 heterocycles. The minimum absolute atomic E-state index is 0.137. The minimum atomic E-state index is -1.82. The molecule has 5 nitrogen and oxygen atoms in total. The van der Waals surface area contributed by atoms with Crippen LogP contribution in [0.15, 0.2) is 12.3 Å². The Balaban J connectivity index is 2.46. The van der Waals surface area contributed by atoms with Crippen LogP contribution >= 0.6 is 24.4 Å². The van der Waals surface area contributed by atoms with E-state index >= 15 is 0 Å². The molecule has 0 radical (unpaired) electrons. The second kappa shape index (κ2) is 5.11. The first-order chi connectivity index (χ1) is 8.95. The van der Waals surface area contributed by atoms with Gasteiger partial charge in [0, 0.05) is 6.20 Å². The number of hydrogen-bond acceptors (Lipinski definition) is 5. The Morgan fingerprint density at radius 3 is 2.79 bits per heavy atom. The third-order valence-electron chi connectivity index (χ3n) is 2.99. The molecule has 1 fully saturated rings. The zero-order valence-electron chi connectivity index (χ0n) is 9.62. The van der Waals surface area contributed by atoms with E-state index in [-0.39, 0.29) is 4.77 Å². The molecule has 0 aliphatic carbocycles. The number of terminal acetylenes is 1. The largest absolute Gasteiger partial charge is 0.392 e. The molecule has 1 aliphatic heterocycles. The number of alkyl halides is 1. The molecule has 1 aliphatic rings. The Hall–Kier alpha value is -1.11. The molecule has 8 heteroatoms. The van der Waals surface area contributed by atoms with E-state index in [1.165, 1.54) is 16.8 Å². The van der Waals surface area contributed by atoms with Crippen molar-refractivity contribution in [3.05, 3.63) is 21.7 Å². The van der Waals surface area contributed by atoms with Crippen LogP contribution in [0.25, 0.3) is 0 Å². The van der Waals surface area contributed by atoms with Crippen LogP contribution in [-0.2, 0) is 4.74 Å². The summed E-state index contributed by atoms with van der Waals surface area (Å²) in [5, 5.41) is 19.0. The van der Waals surface area contributed by atoms with Gasteiger partial charge in [-0.05, 0) is 18.3 Å². The fourth-order valence-electron chi connectivity index (χ4n) is 1.90. The van der Waals surface area contributed by atoms with E-state index in [2.05, 4.69) is 10.9 Å². The smallest absolute Gasteiger partial charge is 0.182 e. The highest BCUT2D eigenvalue weighted by atomic mass is 32.1. The lowest BCUT2D eigenvalue weighted by atomic mass is 9.98. The van der Waals surface area contributed by atoms with Gasteiger partial charge in [0.2, 0.25) is 0 Å². The standard InChI is InChI=1S/C11H11FN2O3S2/c1-2-11(5-15)8(16)7(12)9(17-11)14-4-3-6(18)13-10(14)19/h1,3-4,7-9,15-16H,5H2,(H,13,18,19)/t7?,8-,9-,11-/m1/s1. The van der Waals surface area contributed by atoms with E-state index < -0.39 is 30.7 Å². The van der Waals surface area contributed by atoms with Crippen LogP contribution in [0.3, 0.4) is 0 Å². The molecular weight excluding hydrogens is 291 g/mol. The summed E-state index contributed by atoms with van der Waals surface area (Å²) < 4.78 is 21.2. The highest BCUT2D eigenvalue weighted by Crippen LogP contribution is 2.38. The van der Waals surface area contributed by atoms with Gasteiger partial charge in [0.25, 0.3) is 0 Å². The molecule has 102 valence electrons. The van der Waals surface area contributed by atoms with E-state index in [9.17, 15) is 14.6 Å². The molecule has 1 aromatic rings. The summed E-state index contributed by atoms with van der Waals surface area (Å²) in [6.07, 6.45) is 1.97. The predicted octanol–water partition coefficient (Wildman–Crippen LogP) is 0.867. The monoisotopic (exact) mass is 302 g/mol. The summed E-state index contributed by atoms with van der Waals surface area (Å²) in [6.45, 7) is -0.697.